The van der Waals surface area contributed by atoms with Gasteiger partial charge in [0.15, 0.2) is 17.4 Å². The first kappa shape index (κ1) is 28.5. The van der Waals surface area contributed by atoms with Gasteiger partial charge in [-0.3, -0.25) is 0 Å². The SMILES string of the molecule is CCCCCCCCOc1ccc(-c2cnc(-c3ccc(OCCC(F)CCCC)c(F)c3)nc2)cc1. The number of ether oxygens (including phenoxy) is 2. The van der Waals surface area contributed by atoms with Gasteiger partial charge in [-0.05, 0) is 48.7 Å². The van der Waals surface area contributed by atoms with E-state index >= 15 is 0 Å². The Morgan fingerprint density at radius 1 is 0.703 bits per heavy atom. The topological polar surface area (TPSA) is 44.2 Å². The maximum atomic E-state index is 14.5. The first-order valence-electron chi connectivity index (χ1n) is 13.7. The van der Waals surface area contributed by atoms with Crippen LogP contribution in [-0.2, 0) is 0 Å². The third kappa shape index (κ3) is 9.75. The van der Waals surface area contributed by atoms with Gasteiger partial charge in [-0.2, -0.15) is 0 Å². The molecule has 1 heterocycles. The zero-order valence-corrected chi connectivity index (χ0v) is 22.2. The number of unbranched alkanes of at least 4 members (excludes halogenated alkanes) is 6. The van der Waals surface area contributed by atoms with Crippen molar-refractivity contribution in [2.75, 3.05) is 13.2 Å². The minimum Gasteiger partial charge on any atom is -0.494 e. The van der Waals surface area contributed by atoms with Crippen LogP contribution in [0.25, 0.3) is 22.5 Å². The lowest BCUT2D eigenvalue weighted by atomic mass is 10.1. The minimum absolute atomic E-state index is 0.113. The predicted octanol–water partition coefficient (Wildman–Crippen LogP) is 8.99. The van der Waals surface area contributed by atoms with Crippen molar-refractivity contribution in [1.29, 1.82) is 0 Å². The second kappa shape index (κ2) is 16.0. The van der Waals surface area contributed by atoms with Crippen molar-refractivity contribution in [2.45, 2.75) is 84.2 Å². The Balaban J connectivity index is 1.49. The maximum Gasteiger partial charge on any atom is 0.165 e. The summed E-state index contributed by atoms with van der Waals surface area (Å²) >= 11 is 0. The van der Waals surface area contributed by atoms with E-state index in [2.05, 4.69) is 16.9 Å². The standard InChI is InChI=1S/C31H40F2N2O2/c1-3-5-7-8-9-10-19-36-28-15-12-24(13-16-28)26-22-34-31(35-23-26)25-14-17-30(29(33)21-25)37-20-18-27(32)11-6-4-2/h12-17,21-23,27H,3-11,18-20H2,1-2H3. The van der Waals surface area contributed by atoms with Crippen LogP contribution in [0.3, 0.4) is 0 Å². The first-order valence-corrected chi connectivity index (χ1v) is 13.7. The molecule has 0 aliphatic heterocycles. The van der Waals surface area contributed by atoms with Crippen molar-refractivity contribution in [2.24, 2.45) is 0 Å². The van der Waals surface area contributed by atoms with Crippen LogP contribution in [-0.4, -0.2) is 29.4 Å². The summed E-state index contributed by atoms with van der Waals surface area (Å²) in [5.41, 5.74) is 2.41. The van der Waals surface area contributed by atoms with Crippen molar-refractivity contribution < 1.29 is 18.3 Å². The summed E-state index contributed by atoms with van der Waals surface area (Å²) in [5.74, 6) is 0.889. The monoisotopic (exact) mass is 510 g/mol. The molecule has 0 bridgehead atoms. The van der Waals surface area contributed by atoms with Crippen molar-refractivity contribution in [3.05, 3.63) is 60.7 Å². The van der Waals surface area contributed by atoms with Gasteiger partial charge in [-0.1, -0.05) is 70.9 Å². The van der Waals surface area contributed by atoms with Crippen molar-refractivity contribution in [3.8, 4) is 34.0 Å². The number of aromatic nitrogens is 2. The lowest BCUT2D eigenvalue weighted by Crippen LogP contribution is -2.08. The van der Waals surface area contributed by atoms with Gasteiger partial charge < -0.3 is 9.47 Å². The van der Waals surface area contributed by atoms with Gasteiger partial charge >= 0.3 is 0 Å². The van der Waals surface area contributed by atoms with Crippen LogP contribution in [0.15, 0.2) is 54.9 Å². The highest BCUT2D eigenvalue weighted by molar-refractivity contribution is 5.64. The smallest absolute Gasteiger partial charge is 0.165 e. The Hall–Kier alpha value is -3.02. The molecular formula is C31H40F2N2O2. The van der Waals surface area contributed by atoms with E-state index in [4.69, 9.17) is 9.47 Å². The molecule has 1 atom stereocenters. The van der Waals surface area contributed by atoms with Gasteiger partial charge in [0.25, 0.3) is 0 Å². The Bertz CT molecular complexity index is 1040. The molecule has 0 amide bonds. The van der Waals surface area contributed by atoms with Crippen LogP contribution in [0.4, 0.5) is 8.78 Å². The molecule has 0 saturated carbocycles. The molecule has 3 aromatic rings. The second-order valence-electron chi connectivity index (χ2n) is 9.46. The van der Waals surface area contributed by atoms with Gasteiger partial charge in [0.2, 0.25) is 0 Å². The summed E-state index contributed by atoms with van der Waals surface area (Å²) in [6.45, 7) is 5.14. The Morgan fingerprint density at radius 3 is 2.08 bits per heavy atom. The van der Waals surface area contributed by atoms with Crippen molar-refractivity contribution >= 4 is 0 Å². The molecule has 6 heteroatoms. The van der Waals surface area contributed by atoms with Crippen LogP contribution >= 0.6 is 0 Å². The van der Waals surface area contributed by atoms with Gasteiger partial charge in [0.1, 0.15) is 11.9 Å². The summed E-state index contributed by atoms with van der Waals surface area (Å²) in [5, 5.41) is 0. The quantitative estimate of drug-likeness (QED) is 0.170. The fourth-order valence-electron chi connectivity index (χ4n) is 4.07. The molecule has 3 rings (SSSR count). The Labute approximate surface area is 220 Å². The summed E-state index contributed by atoms with van der Waals surface area (Å²) in [6, 6.07) is 12.5. The minimum atomic E-state index is -0.914. The van der Waals surface area contributed by atoms with Crippen LogP contribution in [0, 0.1) is 5.82 Å². The lowest BCUT2D eigenvalue weighted by molar-refractivity contribution is 0.218. The molecule has 0 aliphatic carbocycles. The second-order valence-corrected chi connectivity index (χ2v) is 9.46. The summed E-state index contributed by atoms with van der Waals surface area (Å²) in [6.07, 6.45) is 12.6. The highest BCUT2D eigenvalue weighted by atomic mass is 19.1. The summed E-state index contributed by atoms with van der Waals surface area (Å²) < 4.78 is 39.6. The Kier molecular flexibility index (Phi) is 12.3. The third-order valence-corrected chi connectivity index (χ3v) is 6.36. The highest BCUT2D eigenvalue weighted by Crippen LogP contribution is 2.26. The van der Waals surface area contributed by atoms with E-state index in [1.54, 1.807) is 24.5 Å². The van der Waals surface area contributed by atoms with E-state index < -0.39 is 12.0 Å². The molecule has 0 saturated heterocycles. The van der Waals surface area contributed by atoms with Gasteiger partial charge in [0.05, 0.1) is 13.2 Å². The highest BCUT2D eigenvalue weighted by Gasteiger charge is 2.11. The molecule has 0 radical (unpaired) electrons. The number of nitrogens with zero attached hydrogens (tertiary/aromatic N) is 2. The first-order chi connectivity index (χ1) is 18.1. The van der Waals surface area contributed by atoms with Crippen LogP contribution in [0.5, 0.6) is 11.5 Å². The molecule has 0 fully saturated rings. The largest absolute Gasteiger partial charge is 0.494 e. The molecule has 1 unspecified atom stereocenters. The average molecular weight is 511 g/mol. The summed E-state index contributed by atoms with van der Waals surface area (Å²) in [7, 11) is 0. The Morgan fingerprint density at radius 2 is 1.38 bits per heavy atom. The molecule has 37 heavy (non-hydrogen) atoms. The fraction of sp³-hybridized carbons (Fsp3) is 0.484. The van der Waals surface area contributed by atoms with Crippen LogP contribution in [0.1, 0.15) is 78.1 Å². The molecule has 4 nitrogen and oxygen atoms in total. The number of alkyl halides is 1. The number of benzene rings is 2. The number of hydrogen-bond donors (Lipinski definition) is 0. The van der Waals surface area contributed by atoms with Gasteiger partial charge in [-0.25, -0.2) is 18.7 Å². The molecule has 0 N–H and O–H groups in total. The number of halogens is 2. The van der Waals surface area contributed by atoms with E-state index in [9.17, 15) is 8.78 Å². The van der Waals surface area contributed by atoms with E-state index in [1.807, 2.05) is 31.2 Å². The normalized spacial score (nSPS) is 11.9. The summed E-state index contributed by atoms with van der Waals surface area (Å²) in [4.78, 5) is 8.85. The predicted molar refractivity (Wildman–Crippen MR) is 146 cm³/mol. The van der Waals surface area contributed by atoms with E-state index in [0.29, 0.717) is 17.8 Å². The lowest BCUT2D eigenvalue weighted by Gasteiger charge is -2.11. The fourth-order valence-corrected chi connectivity index (χ4v) is 4.07. The van der Waals surface area contributed by atoms with Crippen molar-refractivity contribution in [3.63, 3.8) is 0 Å². The van der Waals surface area contributed by atoms with Gasteiger partial charge in [-0.15, -0.1) is 0 Å². The zero-order valence-electron chi connectivity index (χ0n) is 22.2. The van der Waals surface area contributed by atoms with E-state index in [0.717, 1.165) is 42.7 Å². The van der Waals surface area contributed by atoms with Gasteiger partial charge in [0, 0.05) is 29.9 Å². The molecular weight excluding hydrogens is 470 g/mol. The third-order valence-electron chi connectivity index (χ3n) is 6.36. The molecule has 2 aromatic carbocycles. The number of hydrogen-bond acceptors (Lipinski definition) is 4. The molecule has 200 valence electrons. The maximum absolute atomic E-state index is 14.5. The molecule has 0 aliphatic rings. The van der Waals surface area contributed by atoms with Crippen molar-refractivity contribution in [1.82, 2.24) is 9.97 Å². The molecule has 0 spiro atoms. The van der Waals surface area contributed by atoms with Crippen LogP contribution in [0.2, 0.25) is 0 Å². The zero-order chi connectivity index (χ0) is 26.3. The molecule has 1 aromatic heterocycles. The van der Waals surface area contributed by atoms with Crippen LogP contribution < -0.4 is 9.47 Å². The van der Waals surface area contributed by atoms with E-state index in [1.165, 1.54) is 38.2 Å². The van der Waals surface area contributed by atoms with E-state index in [-0.39, 0.29) is 18.8 Å². The number of rotatable bonds is 17. The average Bonchev–Trinajstić information content (AvgIpc) is 2.93.